The van der Waals surface area contributed by atoms with Crippen molar-refractivity contribution in [3.05, 3.63) is 108 Å². The van der Waals surface area contributed by atoms with Gasteiger partial charge < -0.3 is 15.5 Å². The largest absolute Gasteiger partial charge is 0.383 e. The number of benzene rings is 3. The van der Waals surface area contributed by atoms with Gasteiger partial charge in [0.25, 0.3) is 0 Å². The first-order valence-corrected chi connectivity index (χ1v) is 11.8. The quantitative estimate of drug-likeness (QED) is 0.254. The summed E-state index contributed by atoms with van der Waals surface area (Å²) >= 11 is 6.08. The van der Waals surface area contributed by atoms with Gasteiger partial charge in [0.2, 0.25) is 5.91 Å². The second kappa shape index (κ2) is 10.3. The Bertz CT molecular complexity index is 1360. The number of β-lactam (4-membered cyclic amide) rings is 1. The predicted octanol–water partition coefficient (Wildman–Crippen LogP) is 5.53. The number of hydrogen-bond donors (Lipinski definition) is 2. The van der Waals surface area contributed by atoms with Gasteiger partial charge in [-0.25, -0.2) is 4.39 Å². The number of aromatic nitrogens is 1. The molecule has 2 heterocycles. The minimum atomic E-state index is -0.366. The van der Waals surface area contributed by atoms with Gasteiger partial charge in [-0.05, 0) is 54.1 Å². The number of amides is 1. The average molecular weight is 487 g/mol. The Morgan fingerprint density at radius 1 is 1.00 bits per heavy atom. The zero-order valence-corrected chi connectivity index (χ0v) is 19.6. The maximum atomic E-state index is 13.4. The van der Waals surface area contributed by atoms with Crippen molar-refractivity contribution in [2.75, 3.05) is 23.3 Å². The summed E-state index contributed by atoms with van der Waals surface area (Å²) in [6.07, 6.45) is 5.77. The fourth-order valence-electron chi connectivity index (χ4n) is 4.29. The van der Waals surface area contributed by atoms with Gasteiger partial charge in [0, 0.05) is 41.1 Å². The fourth-order valence-corrected chi connectivity index (χ4v) is 4.46. The molecule has 4 aromatic rings. The molecule has 1 aliphatic heterocycles. The summed E-state index contributed by atoms with van der Waals surface area (Å²) in [7, 11) is 0. The number of fused-ring (bicyclic) bond motifs is 1. The van der Waals surface area contributed by atoms with E-state index < -0.39 is 0 Å². The van der Waals surface area contributed by atoms with E-state index in [1.165, 1.54) is 12.1 Å². The van der Waals surface area contributed by atoms with E-state index in [-0.39, 0.29) is 23.8 Å². The standard InChI is InChI=1S/C28H24ClFN4O/c29-20-7-12-23-24(14-15-31-25(23)18-20)32-16-17-33-27-26(13-6-19-4-2-1-3-5-19)34(28(27)35)22-10-8-21(30)9-11-22/h1-15,18,26-27,33H,16-17H2,(H,31,32)/b13-6+/t26-,27+/m1/s1. The number of hydrogen-bond acceptors (Lipinski definition) is 4. The van der Waals surface area contributed by atoms with E-state index in [9.17, 15) is 9.18 Å². The smallest absolute Gasteiger partial charge is 0.247 e. The number of nitrogens with one attached hydrogen (secondary N) is 2. The van der Waals surface area contributed by atoms with E-state index in [0.717, 1.165) is 22.2 Å². The van der Waals surface area contributed by atoms with Crippen LogP contribution in [-0.2, 0) is 4.79 Å². The number of halogens is 2. The topological polar surface area (TPSA) is 57.3 Å². The van der Waals surface area contributed by atoms with Crippen molar-refractivity contribution < 1.29 is 9.18 Å². The van der Waals surface area contributed by atoms with Crippen LogP contribution < -0.4 is 15.5 Å². The zero-order chi connectivity index (χ0) is 24.2. The molecule has 5 rings (SSSR count). The van der Waals surface area contributed by atoms with E-state index >= 15 is 0 Å². The molecule has 3 aromatic carbocycles. The Balaban J connectivity index is 1.26. The van der Waals surface area contributed by atoms with E-state index in [4.69, 9.17) is 11.6 Å². The molecule has 0 unspecified atom stereocenters. The van der Waals surface area contributed by atoms with E-state index in [2.05, 4.69) is 15.6 Å². The van der Waals surface area contributed by atoms with Gasteiger partial charge in [-0.3, -0.25) is 9.78 Å². The number of carbonyl (C=O) groups excluding carboxylic acids is 1. The molecule has 2 N–H and O–H groups in total. The zero-order valence-electron chi connectivity index (χ0n) is 18.9. The van der Waals surface area contributed by atoms with Gasteiger partial charge in [0.05, 0.1) is 11.6 Å². The molecular weight excluding hydrogens is 463 g/mol. The van der Waals surface area contributed by atoms with Crippen molar-refractivity contribution in [1.29, 1.82) is 0 Å². The van der Waals surface area contributed by atoms with Crippen LogP contribution in [0.5, 0.6) is 0 Å². The molecular formula is C28H24ClFN4O. The van der Waals surface area contributed by atoms with Crippen molar-refractivity contribution in [2.45, 2.75) is 12.1 Å². The molecule has 1 aromatic heterocycles. The predicted molar refractivity (Wildman–Crippen MR) is 140 cm³/mol. The van der Waals surface area contributed by atoms with E-state index in [1.807, 2.05) is 66.7 Å². The third kappa shape index (κ3) is 5.04. The lowest BCUT2D eigenvalue weighted by molar-refractivity contribution is -0.126. The normalized spacial score (nSPS) is 17.7. The van der Waals surface area contributed by atoms with Crippen LogP contribution in [0.2, 0.25) is 5.02 Å². The number of pyridine rings is 1. The molecule has 176 valence electrons. The second-order valence-corrected chi connectivity index (χ2v) is 8.76. The van der Waals surface area contributed by atoms with Gasteiger partial charge >= 0.3 is 0 Å². The lowest BCUT2D eigenvalue weighted by atomic mass is 9.92. The van der Waals surface area contributed by atoms with Crippen LogP contribution in [0.1, 0.15) is 5.56 Å². The lowest BCUT2D eigenvalue weighted by Gasteiger charge is -2.46. The number of nitrogens with zero attached hydrogens (tertiary/aromatic N) is 2. The Kier molecular flexibility index (Phi) is 6.75. The molecule has 1 aliphatic rings. The van der Waals surface area contributed by atoms with Crippen LogP contribution >= 0.6 is 11.6 Å². The minimum absolute atomic E-state index is 0.0386. The molecule has 35 heavy (non-hydrogen) atoms. The molecule has 0 radical (unpaired) electrons. The van der Waals surface area contributed by atoms with Crippen LogP contribution in [0.3, 0.4) is 0 Å². The fraction of sp³-hybridized carbons (Fsp3) is 0.143. The maximum Gasteiger partial charge on any atom is 0.247 e. The summed E-state index contributed by atoms with van der Waals surface area (Å²) in [5, 5.41) is 8.43. The highest BCUT2D eigenvalue weighted by atomic mass is 35.5. The third-order valence-corrected chi connectivity index (χ3v) is 6.28. The van der Waals surface area contributed by atoms with Crippen LogP contribution in [0.15, 0.2) is 91.1 Å². The Hall–Kier alpha value is -3.74. The van der Waals surface area contributed by atoms with E-state index in [0.29, 0.717) is 23.8 Å². The molecule has 0 aliphatic carbocycles. The summed E-state index contributed by atoms with van der Waals surface area (Å²) in [4.78, 5) is 19.1. The molecule has 7 heteroatoms. The van der Waals surface area contributed by atoms with E-state index in [1.54, 1.807) is 23.2 Å². The first-order chi connectivity index (χ1) is 17.1. The molecule has 1 fully saturated rings. The van der Waals surface area contributed by atoms with Gasteiger partial charge in [0.1, 0.15) is 11.9 Å². The minimum Gasteiger partial charge on any atom is -0.383 e. The van der Waals surface area contributed by atoms with Crippen LogP contribution in [0.25, 0.3) is 17.0 Å². The molecule has 5 nitrogen and oxygen atoms in total. The highest BCUT2D eigenvalue weighted by Gasteiger charge is 2.46. The summed E-state index contributed by atoms with van der Waals surface area (Å²) in [5.41, 5.74) is 3.51. The van der Waals surface area contributed by atoms with Gasteiger partial charge in [-0.15, -0.1) is 0 Å². The van der Waals surface area contributed by atoms with Crippen molar-refractivity contribution in [1.82, 2.24) is 10.3 Å². The van der Waals surface area contributed by atoms with Crippen LogP contribution in [0.4, 0.5) is 15.8 Å². The highest BCUT2D eigenvalue weighted by Crippen LogP contribution is 2.30. The van der Waals surface area contributed by atoms with Gasteiger partial charge in [0.15, 0.2) is 0 Å². The Labute approximate surface area is 208 Å². The molecule has 1 saturated heterocycles. The number of rotatable bonds is 8. The number of carbonyl (C=O) groups is 1. The average Bonchev–Trinajstić information content (AvgIpc) is 2.87. The molecule has 1 amide bonds. The van der Waals surface area contributed by atoms with Gasteiger partial charge in [-0.1, -0.05) is 54.1 Å². The Morgan fingerprint density at radius 2 is 1.80 bits per heavy atom. The SMILES string of the molecule is O=C1[C@@H](NCCNc2ccnc3cc(Cl)ccc23)[C@@H](/C=C/c2ccccc2)N1c1ccc(F)cc1. The molecule has 0 saturated carbocycles. The molecule has 0 spiro atoms. The first-order valence-electron chi connectivity index (χ1n) is 11.4. The van der Waals surface area contributed by atoms with Gasteiger partial charge in [-0.2, -0.15) is 0 Å². The summed E-state index contributed by atoms with van der Waals surface area (Å²) < 4.78 is 13.4. The second-order valence-electron chi connectivity index (χ2n) is 8.32. The first kappa shape index (κ1) is 23.0. The van der Waals surface area contributed by atoms with Crippen LogP contribution in [0, 0.1) is 5.82 Å². The number of anilines is 2. The Morgan fingerprint density at radius 3 is 2.60 bits per heavy atom. The maximum absolute atomic E-state index is 13.4. The summed E-state index contributed by atoms with van der Waals surface area (Å²) in [5.74, 6) is -0.368. The summed E-state index contributed by atoms with van der Waals surface area (Å²) in [6.45, 7) is 1.21. The highest BCUT2D eigenvalue weighted by molar-refractivity contribution is 6.31. The summed E-state index contributed by atoms with van der Waals surface area (Å²) in [6, 6.07) is 22.9. The van der Waals surface area contributed by atoms with Crippen molar-refractivity contribution in [3.8, 4) is 0 Å². The monoisotopic (exact) mass is 486 g/mol. The molecule has 2 atom stereocenters. The van der Waals surface area contributed by atoms with Crippen molar-refractivity contribution >= 4 is 45.9 Å². The third-order valence-electron chi connectivity index (χ3n) is 6.04. The lowest BCUT2D eigenvalue weighted by Crippen LogP contribution is -2.70. The van der Waals surface area contributed by atoms with Crippen molar-refractivity contribution in [2.24, 2.45) is 0 Å². The molecule has 0 bridgehead atoms. The van der Waals surface area contributed by atoms with Crippen molar-refractivity contribution in [3.63, 3.8) is 0 Å². The van der Waals surface area contributed by atoms with Crippen LogP contribution in [-0.4, -0.2) is 36.1 Å².